The van der Waals surface area contributed by atoms with Crippen LogP contribution in [-0.4, -0.2) is 13.7 Å². The van der Waals surface area contributed by atoms with Gasteiger partial charge in [-0.1, -0.05) is 49.9 Å². The quantitative estimate of drug-likeness (QED) is 0.781. The zero-order valence-electron chi connectivity index (χ0n) is 12.6. The minimum Gasteiger partial charge on any atom is -0.488 e. The molecule has 2 aromatic carbocycles. The summed E-state index contributed by atoms with van der Waals surface area (Å²) in [7, 11) is 1.97. The molecule has 2 rings (SSSR count). The van der Waals surface area contributed by atoms with Crippen LogP contribution in [0.25, 0.3) is 10.8 Å². The molecule has 2 aromatic rings. The van der Waals surface area contributed by atoms with E-state index in [-0.39, 0.29) is 6.04 Å². The van der Waals surface area contributed by atoms with E-state index in [0.29, 0.717) is 6.61 Å². The van der Waals surface area contributed by atoms with E-state index in [1.807, 2.05) is 7.05 Å². The topological polar surface area (TPSA) is 21.3 Å². The van der Waals surface area contributed by atoms with Crippen molar-refractivity contribution in [2.45, 2.75) is 26.3 Å². The largest absolute Gasteiger partial charge is 0.488 e. The lowest BCUT2D eigenvalue weighted by atomic mass is 10.0. The first-order chi connectivity index (χ1) is 9.67. The molecule has 0 aliphatic carbocycles. The Morgan fingerprint density at radius 1 is 1.25 bits per heavy atom. The highest BCUT2D eigenvalue weighted by molar-refractivity contribution is 5.89. The lowest BCUT2D eigenvalue weighted by Crippen LogP contribution is -2.14. The van der Waals surface area contributed by atoms with Crippen molar-refractivity contribution in [3.63, 3.8) is 0 Å². The molecule has 0 amide bonds. The Hall–Kier alpha value is -1.80. The number of fused-ring (bicyclic) bond motifs is 1. The van der Waals surface area contributed by atoms with Crippen LogP contribution in [-0.2, 0) is 0 Å². The van der Waals surface area contributed by atoms with Gasteiger partial charge in [-0.15, -0.1) is 0 Å². The maximum atomic E-state index is 6.09. The third-order valence-corrected chi connectivity index (χ3v) is 3.73. The number of nitrogens with one attached hydrogen (secondary N) is 1. The van der Waals surface area contributed by atoms with Gasteiger partial charge in [0.1, 0.15) is 12.4 Å². The number of rotatable bonds is 6. The molecule has 2 nitrogen and oxygen atoms in total. The number of ether oxygens (including phenoxy) is 1. The molecule has 1 unspecified atom stereocenters. The van der Waals surface area contributed by atoms with Crippen LogP contribution < -0.4 is 10.1 Å². The second-order valence-electron chi connectivity index (χ2n) is 5.11. The molecule has 0 heterocycles. The van der Waals surface area contributed by atoms with Crippen molar-refractivity contribution in [3.05, 3.63) is 54.1 Å². The summed E-state index contributed by atoms with van der Waals surface area (Å²) in [4.78, 5) is 0. The molecule has 1 N–H and O–H groups in total. The zero-order valence-corrected chi connectivity index (χ0v) is 12.6. The lowest BCUT2D eigenvalue weighted by molar-refractivity contribution is 0.346. The minimum atomic E-state index is 0.254. The number of benzene rings is 2. The summed E-state index contributed by atoms with van der Waals surface area (Å²) < 4.78 is 6.09. The fourth-order valence-electron chi connectivity index (χ4n) is 2.19. The third-order valence-electron chi connectivity index (χ3n) is 3.73. The average Bonchev–Trinajstić information content (AvgIpc) is 2.51. The minimum absolute atomic E-state index is 0.254. The molecule has 0 bridgehead atoms. The summed E-state index contributed by atoms with van der Waals surface area (Å²) in [5.41, 5.74) is 2.30. The Bertz CT molecular complexity index is 603. The first kappa shape index (κ1) is 14.6. The molecule has 0 aromatic heterocycles. The van der Waals surface area contributed by atoms with Crippen molar-refractivity contribution in [1.29, 1.82) is 0 Å². The Labute approximate surface area is 121 Å². The van der Waals surface area contributed by atoms with Gasteiger partial charge in [-0.05, 0) is 31.4 Å². The van der Waals surface area contributed by atoms with Crippen LogP contribution in [0.15, 0.2) is 48.6 Å². The summed E-state index contributed by atoms with van der Waals surface area (Å²) in [5.74, 6) is 0.972. The smallest absolute Gasteiger partial charge is 0.132 e. The molecular weight excluding hydrogens is 246 g/mol. The van der Waals surface area contributed by atoms with Crippen molar-refractivity contribution in [2.75, 3.05) is 13.7 Å². The highest BCUT2D eigenvalue weighted by atomic mass is 16.5. The van der Waals surface area contributed by atoms with E-state index < -0.39 is 0 Å². The van der Waals surface area contributed by atoms with Crippen molar-refractivity contribution in [3.8, 4) is 5.75 Å². The van der Waals surface area contributed by atoms with E-state index in [1.165, 1.54) is 10.9 Å². The fraction of sp³-hybridized carbons (Fsp3) is 0.333. The highest BCUT2D eigenvalue weighted by Gasteiger charge is 2.13. The lowest BCUT2D eigenvalue weighted by Gasteiger charge is -2.19. The molecule has 20 heavy (non-hydrogen) atoms. The second kappa shape index (κ2) is 6.58. The monoisotopic (exact) mass is 269 g/mol. The van der Waals surface area contributed by atoms with Gasteiger partial charge in [-0.2, -0.15) is 0 Å². The van der Waals surface area contributed by atoms with Gasteiger partial charge in [0, 0.05) is 17.0 Å². The van der Waals surface area contributed by atoms with Gasteiger partial charge in [0.2, 0.25) is 0 Å². The molecule has 0 aliphatic heterocycles. The van der Waals surface area contributed by atoms with Gasteiger partial charge in [0.15, 0.2) is 0 Å². The van der Waals surface area contributed by atoms with E-state index in [1.54, 1.807) is 0 Å². The molecule has 0 saturated carbocycles. The third kappa shape index (κ3) is 3.02. The molecular formula is C18H23NO. The Morgan fingerprint density at radius 3 is 2.70 bits per heavy atom. The fourth-order valence-corrected chi connectivity index (χ4v) is 2.19. The highest BCUT2D eigenvalue weighted by Crippen LogP contribution is 2.33. The van der Waals surface area contributed by atoms with E-state index in [4.69, 9.17) is 4.74 Å². The van der Waals surface area contributed by atoms with Gasteiger partial charge < -0.3 is 10.1 Å². The maximum absolute atomic E-state index is 6.09. The predicted molar refractivity (Wildman–Crippen MR) is 86.3 cm³/mol. The van der Waals surface area contributed by atoms with E-state index in [0.717, 1.165) is 23.1 Å². The van der Waals surface area contributed by atoms with Gasteiger partial charge in [-0.25, -0.2) is 0 Å². The summed E-state index contributed by atoms with van der Waals surface area (Å²) >= 11 is 0. The predicted octanol–water partition coefficient (Wildman–Crippen LogP) is 4.47. The molecule has 0 radical (unpaired) electrons. The SMILES string of the molecule is C=C(CC)COc1c(C(C)NC)ccc2ccccc12. The van der Waals surface area contributed by atoms with Crippen molar-refractivity contribution < 1.29 is 4.74 Å². The first-order valence-corrected chi connectivity index (χ1v) is 7.15. The summed E-state index contributed by atoms with van der Waals surface area (Å²) in [5, 5.41) is 5.65. The van der Waals surface area contributed by atoms with E-state index in [9.17, 15) is 0 Å². The first-order valence-electron chi connectivity index (χ1n) is 7.15. The zero-order chi connectivity index (χ0) is 14.5. The molecule has 2 heteroatoms. The Balaban J connectivity index is 2.47. The van der Waals surface area contributed by atoms with Crippen LogP contribution in [0, 0.1) is 0 Å². The van der Waals surface area contributed by atoms with Crippen LogP contribution in [0.5, 0.6) is 5.75 Å². The molecule has 0 saturated heterocycles. The Morgan fingerprint density at radius 2 is 2.00 bits per heavy atom. The van der Waals surface area contributed by atoms with Gasteiger partial charge in [-0.3, -0.25) is 0 Å². The van der Waals surface area contributed by atoms with Crippen LogP contribution in [0.1, 0.15) is 31.9 Å². The standard InChI is InChI=1S/C18H23NO/c1-5-13(2)12-20-18-16(14(3)19-4)11-10-15-8-6-7-9-17(15)18/h6-11,14,19H,2,5,12H2,1,3-4H3. The van der Waals surface area contributed by atoms with Gasteiger partial charge in [0.25, 0.3) is 0 Å². The molecule has 0 aliphatic rings. The average molecular weight is 269 g/mol. The van der Waals surface area contributed by atoms with Crippen LogP contribution in [0.3, 0.4) is 0 Å². The Kier molecular flexibility index (Phi) is 4.80. The second-order valence-corrected chi connectivity index (χ2v) is 5.11. The van der Waals surface area contributed by atoms with Crippen LogP contribution in [0.4, 0.5) is 0 Å². The molecule has 106 valence electrons. The van der Waals surface area contributed by atoms with Crippen molar-refractivity contribution >= 4 is 10.8 Å². The van der Waals surface area contributed by atoms with Crippen molar-refractivity contribution in [2.24, 2.45) is 0 Å². The van der Waals surface area contributed by atoms with E-state index >= 15 is 0 Å². The maximum Gasteiger partial charge on any atom is 0.132 e. The molecule has 1 atom stereocenters. The van der Waals surface area contributed by atoms with E-state index in [2.05, 4.69) is 62.1 Å². The summed E-state index contributed by atoms with van der Waals surface area (Å²) in [6.07, 6.45) is 0.946. The summed E-state index contributed by atoms with van der Waals surface area (Å²) in [6.45, 7) is 8.85. The van der Waals surface area contributed by atoms with Crippen LogP contribution >= 0.6 is 0 Å². The molecule has 0 fully saturated rings. The normalized spacial score (nSPS) is 12.3. The van der Waals surface area contributed by atoms with Gasteiger partial charge >= 0.3 is 0 Å². The number of hydrogen-bond donors (Lipinski definition) is 1. The number of hydrogen-bond acceptors (Lipinski definition) is 2. The van der Waals surface area contributed by atoms with Crippen LogP contribution in [0.2, 0.25) is 0 Å². The van der Waals surface area contributed by atoms with Gasteiger partial charge in [0.05, 0.1) is 0 Å². The molecule has 0 spiro atoms. The summed E-state index contributed by atoms with van der Waals surface area (Å²) in [6, 6.07) is 12.9. The van der Waals surface area contributed by atoms with Crippen molar-refractivity contribution in [1.82, 2.24) is 5.32 Å².